The number of nitrogens with two attached hydrogens (primary N) is 1. The van der Waals surface area contributed by atoms with Gasteiger partial charge in [0.15, 0.2) is 0 Å². The molecule has 1 nitrogen and oxygen atoms in total. The van der Waals surface area contributed by atoms with Gasteiger partial charge in [0.05, 0.1) is 0 Å². The maximum atomic E-state index is 12.3. The molecule has 0 radical (unpaired) electrons. The van der Waals surface area contributed by atoms with Gasteiger partial charge in [-0.3, -0.25) is 0 Å². The molecule has 1 aromatic rings. The zero-order valence-electron chi connectivity index (χ0n) is 8.68. The monoisotopic (exact) mass is 261 g/mol. The van der Waals surface area contributed by atoms with E-state index in [-0.39, 0.29) is 0 Å². The van der Waals surface area contributed by atoms with Crippen molar-refractivity contribution in [2.24, 2.45) is 5.73 Å². The lowest BCUT2D eigenvalue weighted by atomic mass is 9.96. The van der Waals surface area contributed by atoms with Gasteiger partial charge in [-0.05, 0) is 31.5 Å². The summed E-state index contributed by atoms with van der Waals surface area (Å²) in [5, 5.41) is 0. The van der Waals surface area contributed by atoms with Crippen LogP contribution in [0.4, 0.5) is 19.4 Å². The molecule has 0 fully saturated rings. The van der Waals surface area contributed by atoms with Crippen molar-refractivity contribution in [3.05, 3.63) is 29.8 Å². The van der Waals surface area contributed by atoms with Gasteiger partial charge in [0.2, 0.25) is 0 Å². The van der Waals surface area contributed by atoms with Gasteiger partial charge in [0, 0.05) is 5.54 Å². The number of halogens is 5. The smallest absolute Gasteiger partial charge is 0.310 e. The van der Waals surface area contributed by atoms with Gasteiger partial charge < -0.3 is 5.73 Å². The molecule has 1 rings (SSSR count). The van der Waals surface area contributed by atoms with E-state index in [4.69, 9.17) is 5.73 Å². The molecule has 0 aliphatic rings. The van der Waals surface area contributed by atoms with Gasteiger partial charge in [-0.15, -0.1) is 0 Å². The van der Waals surface area contributed by atoms with E-state index in [1.807, 2.05) is 0 Å². The molecule has 2 N–H and O–H groups in total. The minimum Gasteiger partial charge on any atom is -0.322 e. The zero-order valence-corrected chi connectivity index (χ0v) is 9.50. The molecular weight excluding hydrogens is 249 g/mol. The molecule has 0 bridgehead atoms. The third kappa shape index (κ3) is 3.08. The minimum atomic E-state index is -9.56. The van der Waals surface area contributed by atoms with Crippen molar-refractivity contribution in [2.75, 3.05) is 0 Å². The topological polar surface area (TPSA) is 26.0 Å². The van der Waals surface area contributed by atoms with E-state index in [1.165, 1.54) is 0 Å². The summed E-state index contributed by atoms with van der Waals surface area (Å²) in [6.07, 6.45) is 0. The number of hydrogen-bond donors (Lipinski definition) is 1. The molecule has 0 heterocycles. The van der Waals surface area contributed by atoms with E-state index in [0.29, 0.717) is 17.7 Å². The fourth-order valence-electron chi connectivity index (χ4n) is 1.14. The van der Waals surface area contributed by atoms with Gasteiger partial charge >= 0.3 is 10.2 Å². The van der Waals surface area contributed by atoms with Crippen LogP contribution in [0.25, 0.3) is 0 Å². The highest BCUT2D eigenvalue weighted by molar-refractivity contribution is 8.45. The van der Waals surface area contributed by atoms with E-state index >= 15 is 0 Å². The Morgan fingerprint density at radius 2 is 1.31 bits per heavy atom. The van der Waals surface area contributed by atoms with Gasteiger partial charge in [0.25, 0.3) is 0 Å². The van der Waals surface area contributed by atoms with Crippen LogP contribution in [0.2, 0.25) is 0 Å². The van der Waals surface area contributed by atoms with Crippen molar-refractivity contribution < 1.29 is 19.4 Å². The molecule has 0 saturated heterocycles. The summed E-state index contributed by atoms with van der Waals surface area (Å²) in [6, 6.07) is 2.66. The van der Waals surface area contributed by atoms with Crippen molar-refractivity contribution in [3.63, 3.8) is 0 Å². The molecular formula is C9H12F5NS. The van der Waals surface area contributed by atoms with E-state index in [0.717, 1.165) is 12.1 Å². The second-order valence-corrected chi connectivity index (χ2v) is 6.62. The van der Waals surface area contributed by atoms with Crippen LogP contribution < -0.4 is 5.73 Å². The summed E-state index contributed by atoms with van der Waals surface area (Å²) in [6.45, 7) is 3.14. The predicted molar refractivity (Wildman–Crippen MR) is 55.1 cm³/mol. The number of rotatable bonds is 2. The SMILES string of the molecule is CC(C)(N)c1ccc(S(F)(F)(F)(F)F)cc1. The highest BCUT2D eigenvalue weighted by Gasteiger charge is 2.65. The Morgan fingerprint density at radius 1 is 0.938 bits per heavy atom. The Balaban J connectivity index is 3.27. The third-order valence-electron chi connectivity index (χ3n) is 2.04. The van der Waals surface area contributed by atoms with Gasteiger partial charge in [-0.1, -0.05) is 31.6 Å². The number of benzene rings is 1. The molecule has 0 amide bonds. The first kappa shape index (κ1) is 13.2. The van der Waals surface area contributed by atoms with E-state index < -0.39 is 20.7 Å². The Hall–Kier alpha value is -0.820. The van der Waals surface area contributed by atoms with Crippen molar-refractivity contribution in [1.29, 1.82) is 0 Å². The van der Waals surface area contributed by atoms with Gasteiger partial charge in [0.1, 0.15) is 4.90 Å². The Morgan fingerprint density at radius 3 is 1.56 bits per heavy atom. The highest BCUT2D eigenvalue weighted by atomic mass is 32.5. The molecule has 94 valence electrons. The van der Waals surface area contributed by atoms with Crippen LogP contribution in [-0.2, 0) is 5.54 Å². The van der Waals surface area contributed by atoms with Crippen LogP contribution >= 0.6 is 10.2 Å². The largest absolute Gasteiger partial charge is 0.322 e. The molecule has 0 aliphatic carbocycles. The predicted octanol–water partition coefficient (Wildman–Crippen LogP) is 4.54. The average Bonchev–Trinajstić information content (AvgIpc) is 1.99. The van der Waals surface area contributed by atoms with Crippen LogP contribution in [0.3, 0.4) is 0 Å². The van der Waals surface area contributed by atoms with E-state index in [2.05, 4.69) is 0 Å². The molecule has 7 heteroatoms. The molecule has 0 aliphatic heterocycles. The van der Waals surface area contributed by atoms with Crippen LogP contribution in [0, 0.1) is 0 Å². The lowest BCUT2D eigenvalue weighted by Gasteiger charge is -2.40. The van der Waals surface area contributed by atoms with Gasteiger partial charge in [-0.2, -0.15) is 0 Å². The Kier molecular flexibility index (Phi) is 2.24. The van der Waals surface area contributed by atoms with Crippen LogP contribution in [0.5, 0.6) is 0 Å². The first-order valence-corrected chi connectivity index (χ1v) is 6.29. The van der Waals surface area contributed by atoms with Crippen molar-refractivity contribution in [2.45, 2.75) is 24.3 Å². The second-order valence-electron chi connectivity index (χ2n) is 4.22. The highest BCUT2D eigenvalue weighted by Crippen LogP contribution is 3.02. The molecule has 16 heavy (non-hydrogen) atoms. The van der Waals surface area contributed by atoms with E-state index in [9.17, 15) is 19.4 Å². The van der Waals surface area contributed by atoms with Crippen LogP contribution in [-0.4, -0.2) is 0 Å². The minimum absolute atomic E-state index is 0.359. The molecule has 0 saturated carbocycles. The lowest BCUT2D eigenvalue weighted by Crippen LogP contribution is -2.28. The fourth-order valence-corrected chi connectivity index (χ4v) is 1.79. The van der Waals surface area contributed by atoms with Crippen molar-refractivity contribution in [1.82, 2.24) is 0 Å². The first-order valence-electron chi connectivity index (χ1n) is 4.34. The maximum Gasteiger partial charge on any atom is 0.310 e. The quantitative estimate of drug-likeness (QED) is 0.777. The maximum absolute atomic E-state index is 12.3. The zero-order chi connectivity index (χ0) is 12.9. The summed E-state index contributed by atoms with van der Waals surface area (Å²) in [5.74, 6) is 0. The molecule has 0 unspecified atom stereocenters. The van der Waals surface area contributed by atoms with Crippen LogP contribution in [0.1, 0.15) is 19.4 Å². The molecule has 0 spiro atoms. The molecule has 0 aromatic heterocycles. The summed E-state index contributed by atoms with van der Waals surface area (Å²) >= 11 is 0. The average molecular weight is 261 g/mol. The fraction of sp³-hybridized carbons (Fsp3) is 0.333. The molecule has 1 aromatic carbocycles. The Labute approximate surface area is 90.2 Å². The van der Waals surface area contributed by atoms with E-state index in [1.54, 1.807) is 13.8 Å². The normalized spacial score (nSPS) is 17.8. The summed E-state index contributed by atoms with van der Waals surface area (Å²) in [7, 11) is -9.56. The van der Waals surface area contributed by atoms with Crippen molar-refractivity contribution in [3.8, 4) is 0 Å². The summed E-state index contributed by atoms with van der Waals surface area (Å²) in [4.78, 5) is -1.90. The van der Waals surface area contributed by atoms with Crippen LogP contribution in [0.15, 0.2) is 29.2 Å². The molecule has 0 atom stereocenters. The summed E-state index contributed by atoms with van der Waals surface area (Å²) < 4.78 is 61.7. The first-order chi connectivity index (χ1) is 6.70. The second kappa shape index (κ2) is 2.70. The number of hydrogen-bond acceptors (Lipinski definition) is 1. The lowest BCUT2D eigenvalue weighted by molar-refractivity contribution is 0.364. The third-order valence-corrected chi connectivity index (χ3v) is 3.21. The summed E-state index contributed by atoms with van der Waals surface area (Å²) in [5.41, 5.74) is 5.12. The van der Waals surface area contributed by atoms with Crippen molar-refractivity contribution >= 4 is 10.2 Å². The Bertz CT molecular complexity index is 399. The standard InChI is InChI=1S/C9H12F5NS/c1-9(2,15)7-3-5-8(6-4-7)16(10,11,12,13)14/h3-6H,15H2,1-2H3. The van der Waals surface area contributed by atoms with Gasteiger partial charge in [-0.25, -0.2) is 0 Å².